The lowest BCUT2D eigenvalue weighted by atomic mass is 9.69. The van der Waals surface area contributed by atoms with Crippen LogP contribution in [-0.4, -0.2) is 38.0 Å². The summed E-state index contributed by atoms with van der Waals surface area (Å²) in [4.78, 5) is 39.1. The van der Waals surface area contributed by atoms with Gasteiger partial charge in [-0.25, -0.2) is 4.79 Å². The van der Waals surface area contributed by atoms with Gasteiger partial charge in [0.05, 0.1) is 25.9 Å². The van der Waals surface area contributed by atoms with Gasteiger partial charge in [0.25, 0.3) is 0 Å². The zero-order valence-corrected chi connectivity index (χ0v) is 18.8. The highest BCUT2D eigenvalue weighted by Gasteiger charge is 2.47. The molecule has 0 bridgehead atoms. The summed E-state index contributed by atoms with van der Waals surface area (Å²) in [5.74, 6) is -2.50. The topological polar surface area (TPSA) is 90.9 Å². The van der Waals surface area contributed by atoms with Gasteiger partial charge in [0, 0.05) is 22.9 Å². The lowest BCUT2D eigenvalue weighted by Gasteiger charge is -2.38. The van der Waals surface area contributed by atoms with Gasteiger partial charge in [-0.05, 0) is 50.8 Å². The van der Waals surface area contributed by atoms with Crippen LogP contribution in [0.3, 0.4) is 0 Å². The van der Waals surface area contributed by atoms with Gasteiger partial charge in [0.15, 0.2) is 5.78 Å². The Labute approximate surface area is 182 Å². The number of nitrogens with one attached hydrogen (secondary N) is 1. The number of carbonyl (C=O) groups is 3. The predicted octanol–water partition coefficient (Wildman–Crippen LogP) is 3.26. The normalized spacial score (nSPS) is 23.3. The number of allylic oxidation sites excluding steroid dienone is 3. The highest BCUT2D eigenvalue weighted by molar-refractivity contribution is 6.12. The van der Waals surface area contributed by atoms with Gasteiger partial charge >= 0.3 is 11.9 Å². The molecule has 2 aliphatic rings. The number of dihydropyridines is 1. The molecule has 0 aromatic heterocycles. The molecule has 1 N–H and O–H groups in total. The van der Waals surface area contributed by atoms with Crippen LogP contribution in [0.1, 0.15) is 45.6 Å². The van der Waals surface area contributed by atoms with Crippen molar-refractivity contribution in [3.63, 3.8) is 0 Å². The number of ether oxygens (including phenoxy) is 3. The van der Waals surface area contributed by atoms with Gasteiger partial charge in [-0.2, -0.15) is 0 Å². The average Bonchev–Trinajstić information content (AvgIpc) is 2.71. The number of hydrogen-bond donors (Lipinski definition) is 1. The van der Waals surface area contributed by atoms with Crippen LogP contribution in [0.5, 0.6) is 5.75 Å². The predicted molar refractivity (Wildman–Crippen MR) is 114 cm³/mol. The molecule has 0 saturated heterocycles. The van der Waals surface area contributed by atoms with Gasteiger partial charge in [0.2, 0.25) is 0 Å². The molecule has 1 aliphatic carbocycles. The molecule has 31 heavy (non-hydrogen) atoms. The van der Waals surface area contributed by atoms with Gasteiger partial charge in [0.1, 0.15) is 11.7 Å². The second kappa shape index (κ2) is 8.96. The molecule has 0 amide bonds. The van der Waals surface area contributed by atoms with E-state index in [9.17, 15) is 14.4 Å². The van der Waals surface area contributed by atoms with E-state index >= 15 is 0 Å². The summed E-state index contributed by atoms with van der Waals surface area (Å²) in [5, 5.41) is 3.24. The van der Waals surface area contributed by atoms with E-state index in [1.807, 2.05) is 19.1 Å². The first-order valence-electron chi connectivity index (χ1n) is 10.4. The van der Waals surface area contributed by atoms with Crippen molar-refractivity contribution in [2.24, 2.45) is 11.8 Å². The molecule has 7 nitrogen and oxygen atoms in total. The molecule has 0 saturated carbocycles. The van der Waals surface area contributed by atoms with Gasteiger partial charge in [-0.3, -0.25) is 9.59 Å². The minimum absolute atomic E-state index is 0.223. The number of hydrogen-bond acceptors (Lipinski definition) is 7. The smallest absolute Gasteiger partial charge is 0.337 e. The second-order valence-electron chi connectivity index (χ2n) is 8.26. The van der Waals surface area contributed by atoms with Crippen molar-refractivity contribution in [2.75, 3.05) is 14.2 Å². The number of carbonyl (C=O) groups excluding carboxylic acids is 3. The van der Waals surface area contributed by atoms with E-state index in [1.54, 1.807) is 40.0 Å². The number of methoxy groups -OCH3 is 2. The van der Waals surface area contributed by atoms with Crippen molar-refractivity contribution < 1.29 is 28.6 Å². The first-order valence-corrected chi connectivity index (χ1v) is 10.4. The van der Waals surface area contributed by atoms with E-state index in [2.05, 4.69) is 5.32 Å². The van der Waals surface area contributed by atoms with Crippen LogP contribution in [-0.2, 0) is 23.9 Å². The highest BCUT2D eigenvalue weighted by Crippen LogP contribution is 2.45. The Balaban J connectivity index is 2.17. The van der Waals surface area contributed by atoms with Crippen LogP contribution >= 0.6 is 0 Å². The van der Waals surface area contributed by atoms with Crippen molar-refractivity contribution in [1.82, 2.24) is 5.32 Å². The van der Waals surface area contributed by atoms with Crippen molar-refractivity contribution in [2.45, 2.75) is 46.1 Å². The zero-order chi connectivity index (χ0) is 22.9. The van der Waals surface area contributed by atoms with Crippen LogP contribution in [0.15, 0.2) is 46.8 Å². The Kier molecular flexibility index (Phi) is 6.53. The lowest BCUT2D eigenvalue weighted by Crippen LogP contribution is -2.43. The lowest BCUT2D eigenvalue weighted by molar-refractivity contribution is -0.151. The summed E-state index contributed by atoms with van der Waals surface area (Å²) in [5.41, 5.74) is 2.90. The average molecular weight is 427 g/mol. The Bertz CT molecular complexity index is 957. The Morgan fingerprint density at radius 3 is 2.32 bits per heavy atom. The zero-order valence-electron chi connectivity index (χ0n) is 18.8. The van der Waals surface area contributed by atoms with Crippen molar-refractivity contribution in [3.8, 4) is 5.75 Å². The molecule has 0 fully saturated rings. The molecule has 0 radical (unpaired) electrons. The van der Waals surface area contributed by atoms with Crippen LogP contribution in [0.4, 0.5) is 0 Å². The molecule has 7 heteroatoms. The minimum atomic E-state index is -0.910. The fourth-order valence-corrected chi connectivity index (χ4v) is 4.36. The van der Waals surface area contributed by atoms with E-state index in [0.29, 0.717) is 29.0 Å². The Morgan fingerprint density at radius 1 is 1.13 bits per heavy atom. The molecule has 1 heterocycles. The summed E-state index contributed by atoms with van der Waals surface area (Å²) < 4.78 is 15.7. The molecule has 3 rings (SSSR count). The molecular formula is C24H29NO6. The van der Waals surface area contributed by atoms with Gasteiger partial charge in [-0.1, -0.05) is 19.1 Å². The maximum Gasteiger partial charge on any atom is 0.337 e. The first-order chi connectivity index (χ1) is 14.7. The SMILES string of the molecule is COC(=O)C1C(=O)C2=C(CC1C)NC(C)=C(C(=O)OC(C)C)C2c1ccc(OC)cc1. The third kappa shape index (κ3) is 4.22. The summed E-state index contributed by atoms with van der Waals surface area (Å²) in [6.07, 6.45) is 0.182. The highest BCUT2D eigenvalue weighted by atomic mass is 16.5. The summed E-state index contributed by atoms with van der Waals surface area (Å²) in [7, 11) is 2.85. The number of Topliss-reactive ketones (excluding diaryl/α,β-unsaturated/α-hetero) is 1. The molecule has 3 unspecified atom stereocenters. The third-order valence-electron chi connectivity index (χ3n) is 5.75. The molecular weight excluding hydrogens is 398 g/mol. The Hall–Kier alpha value is -3.09. The summed E-state index contributed by atoms with van der Waals surface area (Å²) in [6, 6.07) is 7.22. The standard InChI is InChI=1S/C24H29NO6/c1-12(2)31-24(28)19-14(4)25-17-11-13(3)18(23(27)30-6)22(26)21(17)20(19)15-7-9-16(29-5)10-8-15/h7-10,12-13,18,20,25H,11H2,1-6H3. The van der Waals surface area contributed by atoms with Gasteiger partial charge < -0.3 is 19.5 Å². The minimum Gasteiger partial charge on any atom is -0.497 e. The Morgan fingerprint density at radius 2 is 1.77 bits per heavy atom. The third-order valence-corrected chi connectivity index (χ3v) is 5.75. The van der Waals surface area contributed by atoms with Gasteiger partial charge in [-0.15, -0.1) is 0 Å². The summed E-state index contributed by atoms with van der Waals surface area (Å²) in [6.45, 7) is 7.21. The molecule has 1 aliphatic heterocycles. The van der Waals surface area contributed by atoms with E-state index in [4.69, 9.17) is 14.2 Å². The molecule has 1 aromatic rings. The van der Waals surface area contributed by atoms with Crippen molar-refractivity contribution in [3.05, 3.63) is 52.4 Å². The van der Waals surface area contributed by atoms with E-state index in [0.717, 1.165) is 11.3 Å². The van der Waals surface area contributed by atoms with E-state index < -0.39 is 23.8 Å². The summed E-state index contributed by atoms with van der Waals surface area (Å²) >= 11 is 0. The molecule has 1 aromatic carbocycles. The van der Waals surface area contributed by atoms with Crippen molar-refractivity contribution in [1.29, 1.82) is 0 Å². The van der Waals surface area contributed by atoms with Crippen LogP contribution in [0.25, 0.3) is 0 Å². The van der Waals surface area contributed by atoms with Crippen LogP contribution < -0.4 is 10.1 Å². The molecule has 166 valence electrons. The quantitative estimate of drug-likeness (QED) is 0.570. The van der Waals surface area contributed by atoms with E-state index in [-0.39, 0.29) is 17.8 Å². The maximum atomic E-state index is 13.6. The second-order valence-corrected chi connectivity index (χ2v) is 8.26. The van der Waals surface area contributed by atoms with E-state index in [1.165, 1.54) is 7.11 Å². The first kappa shape index (κ1) is 22.6. The largest absolute Gasteiger partial charge is 0.497 e. The van der Waals surface area contributed by atoms with Crippen molar-refractivity contribution >= 4 is 17.7 Å². The monoisotopic (exact) mass is 427 g/mol. The maximum absolute atomic E-state index is 13.6. The van der Waals surface area contributed by atoms with Crippen LogP contribution in [0, 0.1) is 11.8 Å². The number of esters is 2. The number of ketones is 1. The number of rotatable bonds is 5. The molecule has 0 spiro atoms. The fourth-order valence-electron chi connectivity index (χ4n) is 4.36. The fraction of sp³-hybridized carbons (Fsp3) is 0.458. The van der Waals surface area contributed by atoms with Crippen LogP contribution in [0.2, 0.25) is 0 Å². The molecule has 3 atom stereocenters. The number of benzene rings is 1.